The summed E-state index contributed by atoms with van der Waals surface area (Å²) < 4.78 is 0. The van der Waals surface area contributed by atoms with Crippen molar-refractivity contribution in [2.45, 2.75) is 105 Å². The number of aryl methyl sites for hydroxylation is 3. The average molecular weight is 761 g/mol. The van der Waals surface area contributed by atoms with Crippen LogP contribution in [0.1, 0.15) is 129 Å². The standard InChI is InChI=1S/C54H56N4/c1-32-30-33(2)48(34(3)31-32)52-46-28-26-44(57-46)50(36-14-18-38(19-15-36)53(4,5)6)42-24-22-40(55-42)49(35-12-10-11-13-35)41-23-25-43(56-41)51(45-27-29-47(52)58-45)37-16-20-39(21-17-37)54(7,8)9/h14-31,35,55,58H,10-13H2,1-9H3. The first-order valence-corrected chi connectivity index (χ1v) is 21.2. The molecule has 6 aromatic rings. The predicted molar refractivity (Wildman–Crippen MR) is 248 cm³/mol. The quantitative estimate of drug-likeness (QED) is 0.188. The second-order valence-electron chi connectivity index (χ2n) is 19.0. The first-order chi connectivity index (χ1) is 27.7. The summed E-state index contributed by atoms with van der Waals surface area (Å²) in [6.07, 6.45) is 13.8. The van der Waals surface area contributed by atoms with Crippen LogP contribution < -0.4 is 0 Å². The Morgan fingerprint density at radius 2 is 0.862 bits per heavy atom. The smallest absolute Gasteiger partial charge is 0.0737 e. The number of benzene rings is 3. The minimum Gasteiger partial charge on any atom is -0.355 e. The average Bonchev–Trinajstić information content (AvgIpc) is 4.03. The third-order valence-corrected chi connectivity index (χ3v) is 12.6. The molecule has 0 saturated heterocycles. The molecule has 0 atom stereocenters. The lowest BCUT2D eigenvalue weighted by atomic mass is 9.86. The molecule has 1 fully saturated rings. The molecule has 0 unspecified atom stereocenters. The molecule has 292 valence electrons. The van der Waals surface area contributed by atoms with Crippen molar-refractivity contribution >= 4 is 46.4 Å². The van der Waals surface area contributed by atoms with Crippen molar-refractivity contribution in [2.24, 2.45) is 0 Å². The molecule has 3 aromatic heterocycles. The van der Waals surface area contributed by atoms with Crippen LogP contribution in [0.15, 0.2) is 84.9 Å². The molecule has 3 aliphatic rings. The highest BCUT2D eigenvalue weighted by molar-refractivity contribution is 5.98. The zero-order chi connectivity index (χ0) is 40.5. The minimum atomic E-state index is 0.0568. The van der Waals surface area contributed by atoms with E-state index in [1.807, 2.05) is 0 Å². The molecule has 58 heavy (non-hydrogen) atoms. The summed E-state index contributed by atoms with van der Waals surface area (Å²) in [7, 11) is 0. The number of aromatic nitrogens is 4. The van der Waals surface area contributed by atoms with Gasteiger partial charge in [-0.2, -0.15) is 0 Å². The molecule has 5 heterocycles. The fourth-order valence-corrected chi connectivity index (χ4v) is 9.59. The van der Waals surface area contributed by atoms with Gasteiger partial charge in [0.25, 0.3) is 0 Å². The lowest BCUT2D eigenvalue weighted by Gasteiger charge is -2.19. The van der Waals surface area contributed by atoms with Crippen LogP contribution in [0.25, 0.3) is 79.8 Å². The molecule has 1 saturated carbocycles. The number of H-pyrrole nitrogens is 2. The third kappa shape index (κ3) is 6.87. The SMILES string of the molecule is Cc1cc(C)c(-c2c3nc(c(-c4ccc(C(C)(C)C)cc4)c4ccc([nH]4)c(C4CCCC4)c4nc(c(-c5ccc(C(C)(C)C)cc5)c5ccc2[nH]5)C=C4)C=C3)c(C)c1. The fraction of sp³-hybridized carbons (Fsp3) is 0.296. The number of hydrogen-bond acceptors (Lipinski definition) is 2. The van der Waals surface area contributed by atoms with Gasteiger partial charge < -0.3 is 9.97 Å². The van der Waals surface area contributed by atoms with Crippen molar-refractivity contribution < 1.29 is 0 Å². The van der Waals surface area contributed by atoms with Crippen LogP contribution in [0.2, 0.25) is 0 Å². The minimum absolute atomic E-state index is 0.0568. The van der Waals surface area contributed by atoms with Crippen LogP contribution in [0.3, 0.4) is 0 Å². The van der Waals surface area contributed by atoms with Gasteiger partial charge in [-0.25, -0.2) is 9.97 Å². The molecule has 9 rings (SSSR count). The van der Waals surface area contributed by atoms with Gasteiger partial charge >= 0.3 is 0 Å². The van der Waals surface area contributed by atoms with Crippen molar-refractivity contribution in [3.63, 3.8) is 0 Å². The molecule has 3 aromatic carbocycles. The van der Waals surface area contributed by atoms with Gasteiger partial charge in [0, 0.05) is 44.3 Å². The lowest BCUT2D eigenvalue weighted by molar-refractivity contribution is 0.590. The first-order valence-electron chi connectivity index (χ1n) is 21.2. The van der Waals surface area contributed by atoms with E-state index < -0.39 is 0 Å². The Morgan fingerprint density at radius 3 is 1.34 bits per heavy atom. The highest BCUT2D eigenvalue weighted by Crippen LogP contribution is 2.42. The van der Waals surface area contributed by atoms with Crippen LogP contribution in [0.5, 0.6) is 0 Å². The van der Waals surface area contributed by atoms with Crippen LogP contribution in [0.4, 0.5) is 0 Å². The van der Waals surface area contributed by atoms with Crippen molar-refractivity contribution in [1.82, 2.24) is 19.9 Å². The molecule has 1 aliphatic carbocycles. The van der Waals surface area contributed by atoms with Gasteiger partial charge in [-0.15, -0.1) is 0 Å². The Bertz CT molecular complexity index is 2720. The maximum atomic E-state index is 5.58. The Morgan fingerprint density at radius 1 is 0.466 bits per heavy atom. The number of nitrogens with one attached hydrogen (secondary N) is 2. The van der Waals surface area contributed by atoms with Gasteiger partial charge in [0.2, 0.25) is 0 Å². The maximum absolute atomic E-state index is 5.58. The van der Waals surface area contributed by atoms with Crippen molar-refractivity contribution in [1.29, 1.82) is 0 Å². The number of rotatable bonds is 4. The fourth-order valence-electron chi connectivity index (χ4n) is 9.59. The monoisotopic (exact) mass is 760 g/mol. The highest BCUT2D eigenvalue weighted by Gasteiger charge is 2.25. The van der Waals surface area contributed by atoms with E-state index in [9.17, 15) is 0 Å². The number of hydrogen-bond donors (Lipinski definition) is 2. The number of aromatic amines is 2. The second-order valence-corrected chi connectivity index (χ2v) is 19.0. The molecule has 0 spiro atoms. The first kappa shape index (κ1) is 37.8. The van der Waals surface area contributed by atoms with Gasteiger partial charge in [-0.3, -0.25) is 0 Å². The van der Waals surface area contributed by atoms with Gasteiger partial charge in [-0.1, -0.05) is 121 Å². The molecule has 0 radical (unpaired) electrons. The molecule has 2 aliphatic heterocycles. The summed E-state index contributed by atoms with van der Waals surface area (Å²) in [4.78, 5) is 19.1. The van der Waals surface area contributed by atoms with E-state index >= 15 is 0 Å². The Balaban J connectivity index is 1.43. The normalized spacial score (nSPS) is 14.5. The van der Waals surface area contributed by atoms with E-state index in [1.165, 1.54) is 64.6 Å². The van der Waals surface area contributed by atoms with Crippen molar-refractivity contribution in [3.8, 4) is 33.4 Å². The summed E-state index contributed by atoms with van der Waals surface area (Å²) in [5.74, 6) is 0.441. The van der Waals surface area contributed by atoms with Crippen LogP contribution in [-0.2, 0) is 10.8 Å². The summed E-state index contributed by atoms with van der Waals surface area (Å²) in [5.41, 5.74) is 22.8. The molecular formula is C54H56N4. The van der Waals surface area contributed by atoms with Crippen molar-refractivity contribution in [2.75, 3.05) is 0 Å². The van der Waals surface area contributed by atoms with Gasteiger partial charge in [0.15, 0.2) is 0 Å². The molecule has 4 heteroatoms. The topological polar surface area (TPSA) is 57.4 Å². The largest absolute Gasteiger partial charge is 0.355 e. The van der Waals surface area contributed by atoms with Gasteiger partial charge in [-0.05, 0) is 138 Å². The van der Waals surface area contributed by atoms with Crippen LogP contribution >= 0.6 is 0 Å². The summed E-state index contributed by atoms with van der Waals surface area (Å²) in [6.45, 7) is 20.3. The number of nitrogens with zero attached hydrogens (tertiary/aromatic N) is 2. The Labute approximate surface area is 344 Å². The van der Waals surface area contributed by atoms with Crippen LogP contribution in [-0.4, -0.2) is 19.9 Å². The van der Waals surface area contributed by atoms with E-state index in [0.29, 0.717) is 5.92 Å². The van der Waals surface area contributed by atoms with Crippen molar-refractivity contribution in [3.05, 3.63) is 141 Å². The van der Waals surface area contributed by atoms with E-state index in [4.69, 9.17) is 9.97 Å². The Kier molecular flexibility index (Phi) is 9.30. The summed E-state index contributed by atoms with van der Waals surface area (Å²) in [6, 6.07) is 31.8. The third-order valence-electron chi connectivity index (χ3n) is 12.6. The Hall–Kier alpha value is -5.74. The van der Waals surface area contributed by atoms with E-state index in [2.05, 4.69) is 182 Å². The van der Waals surface area contributed by atoms with Gasteiger partial charge in [0.1, 0.15) is 0 Å². The van der Waals surface area contributed by atoms with E-state index in [0.717, 1.165) is 72.7 Å². The van der Waals surface area contributed by atoms with Crippen LogP contribution in [0, 0.1) is 20.8 Å². The van der Waals surface area contributed by atoms with E-state index in [1.54, 1.807) is 0 Å². The number of fused-ring (bicyclic) bond motifs is 8. The lowest BCUT2D eigenvalue weighted by Crippen LogP contribution is -2.10. The predicted octanol–water partition coefficient (Wildman–Crippen LogP) is 14.8. The summed E-state index contributed by atoms with van der Waals surface area (Å²) >= 11 is 0. The maximum Gasteiger partial charge on any atom is 0.0737 e. The second kappa shape index (κ2) is 14.3. The zero-order valence-electron chi connectivity index (χ0n) is 35.7. The molecule has 0 amide bonds. The van der Waals surface area contributed by atoms with Gasteiger partial charge in [0.05, 0.1) is 22.8 Å². The molecule has 4 nitrogen and oxygen atoms in total. The molecular weight excluding hydrogens is 705 g/mol. The molecule has 2 N–H and O–H groups in total. The molecule has 8 bridgehead atoms. The highest BCUT2D eigenvalue weighted by atomic mass is 14.8. The zero-order valence-corrected chi connectivity index (χ0v) is 35.7. The van der Waals surface area contributed by atoms with E-state index in [-0.39, 0.29) is 10.8 Å². The summed E-state index contributed by atoms with van der Waals surface area (Å²) in [5, 5.41) is 0.